The molecule has 0 bridgehead atoms. The van der Waals surface area contributed by atoms with E-state index in [2.05, 4.69) is 17.2 Å². The van der Waals surface area contributed by atoms with E-state index < -0.39 is 0 Å². The van der Waals surface area contributed by atoms with E-state index in [0.717, 1.165) is 16.4 Å². The smallest absolute Gasteiger partial charge is 0.269 e. The molecule has 0 unspecified atom stereocenters. The molecule has 5 heteroatoms. The molecule has 0 aliphatic carbocycles. The molecule has 0 atom stereocenters. The van der Waals surface area contributed by atoms with E-state index in [-0.39, 0.29) is 5.91 Å². The van der Waals surface area contributed by atoms with Crippen molar-refractivity contribution in [1.82, 2.24) is 10.3 Å². The number of carbonyl (C=O) groups is 1. The molecular weight excluding hydrogens is 272 g/mol. The minimum absolute atomic E-state index is 0.231. The lowest BCUT2D eigenvalue weighted by molar-refractivity contribution is 0.0958. The predicted molar refractivity (Wildman–Crippen MR) is 80.5 cm³/mol. The lowest BCUT2D eigenvalue weighted by Gasteiger charge is -2.08. The van der Waals surface area contributed by atoms with Crippen molar-refractivity contribution in [3.8, 4) is 11.5 Å². The zero-order valence-corrected chi connectivity index (χ0v) is 12.2. The highest BCUT2D eigenvalue weighted by atomic mass is 32.2. The van der Waals surface area contributed by atoms with Gasteiger partial charge in [-0.3, -0.25) is 9.78 Å². The number of carbonyl (C=O) groups excluding carboxylic acids is 1. The minimum atomic E-state index is -0.231. The second kappa shape index (κ2) is 6.96. The molecule has 20 heavy (non-hydrogen) atoms. The molecule has 0 saturated heterocycles. The number of benzene rings is 1. The van der Waals surface area contributed by atoms with Gasteiger partial charge < -0.3 is 10.1 Å². The maximum Gasteiger partial charge on any atom is 0.269 e. The van der Waals surface area contributed by atoms with Gasteiger partial charge in [0.1, 0.15) is 17.2 Å². The zero-order valence-electron chi connectivity index (χ0n) is 11.4. The SMILES string of the molecule is CCSc1cccc(Oc2ccnc(C(=O)NC)c2)c1. The van der Waals surface area contributed by atoms with Crippen LogP contribution in [-0.4, -0.2) is 23.7 Å². The molecule has 1 heterocycles. The summed E-state index contributed by atoms with van der Waals surface area (Å²) in [6.45, 7) is 2.11. The van der Waals surface area contributed by atoms with Crippen molar-refractivity contribution in [2.75, 3.05) is 12.8 Å². The van der Waals surface area contributed by atoms with Crippen LogP contribution in [0.2, 0.25) is 0 Å². The van der Waals surface area contributed by atoms with Gasteiger partial charge in [0.05, 0.1) is 0 Å². The second-order valence-corrected chi connectivity index (χ2v) is 5.30. The average Bonchev–Trinajstić information content (AvgIpc) is 2.47. The highest BCUT2D eigenvalue weighted by Crippen LogP contribution is 2.26. The Morgan fingerprint density at radius 1 is 1.30 bits per heavy atom. The number of aromatic nitrogens is 1. The lowest BCUT2D eigenvalue weighted by Crippen LogP contribution is -2.18. The zero-order chi connectivity index (χ0) is 14.4. The summed E-state index contributed by atoms with van der Waals surface area (Å²) in [5.41, 5.74) is 0.337. The van der Waals surface area contributed by atoms with Gasteiger partial charge in [-0.15, -0.1) is 11.8 Å². The van der Waals surface area contributed by atoms with Gasteiger partial charge in [-0.1, -0.05) is 13.0 Å². The molecule has 104 valence electrons. The summed E-state index contributed by atoms with van der Waals surface area (Å²) in [5.74, 6) is 2.12. The van der Waals surface area contributed by atoms with Gasteiger partial charge in [0.2, 0.25) is 0 Å². The largest absolute Gasteiger partial charge is 0.457 e. The number of nitrogens with one attached hydrogen (secondary N) is 1. The van der Waals surface area contributed by atoms with Crippen LogP contribution < -0.4 is 10.1 Å². The summed E-state index contributed by atoms with van der Waals surface area (Å²) in [7, 11) is 1.57. The van der Waals surface area contributed by atoms with Gasteiger partial charge in [0, 0.05) is 24.2 Å². The van der Waals surface area contributed by atoms with Crippen LogP contribution in [0.1, 0.15) is 17.4 Å². The van der Waals surface area contributed by atoms with E-state index in [1.807, 2.05) is 24.3 Å². The Bertz CT molecular complexity index is 602. The molecular formula is C15H16N2O2S. The van der Waals surface area contributed by atoms with Crippen LogP contribution in [0.3, 0.4) is 0 Å². The first-order valence-electron chi connectivity index (χ1n) is 6.31. The van der Waals surface area contributed by atoms with Crippen molar-refractivity contribution in [3.63, 3.8) is 0 Å². The molecule has 4 nitrogen and oxygen atoms in total. The topological polar surface area (TPSA) is 51.2 Å². The molecule has 1 N–H and O–H groups in total. The van der Waals surface area contributed by atoms with E-state index in [0.29, 0.717) is 11.4 Å². The molecule has 0 radical (unpaired) electrons. The predicted octanol–water partition coefficient (Wildman–Crippen LogP) is 3.35. The number of rotatable bonds is 5. The Labute approximate surface area is 122 Å². The fourth-order valence-corrected chi connectivity index (χ4v) is 2.36. The average molecular weight is 288 g/mol. The number of amides is 1. The first-order chi connectivity index (χ1) is 9.72. The van der Waals surface area contributed by atoms with Crippen LogP contribution in [-0.2, 0) is 0 Å². The van der Waals surface area contributed by atoms with Gasteiger partial charge >= 0.3 is 0 Å². The fraction of sp³-hybridized carbons (Fsp3) is 0.200. The first-order valence-corrected chi connectivity index (χ1v) is 7.30. The highest BCUT2D eigenvalue weighted by Gasteiger charge is 2.07. The monoisotopic (exact) mass is 288 g/mol. The summed E-state index contributed by atoms with van der Waals surface area (Å²) >= 11 is 1.76. The third-order valence-electron chi connectivity index (χ3n) is 2.54. The Balaban J connectivity index is 2.17. The van der Waals surface area contributed by atoms with Crippen LogP contribution in [0.4, 0.5) is 0 Å². The molecule has 0 saturated carbocycles. The normalized spacial score (nSPS) is 10.1. The lowest BCUT2D eigenvalue weighted by atomic mass is 10.3. The Morgan fingerprint density at radius 2 is 2.10 bits per heavy atom. The molecule has 0 aliphatic rings. The van der Waals surface area contributed by atoms with Crippen molar-refractivity contribution >= 4 is 17.7 Å². The van der Waals surface area contributed by atoms with Crippen LogP contribution in [0.5, 0.6) is 11.5 Å². The molecule has 0 fully saturated rings. The molecule has 1 aromatic carbocycles. The summed E-state index contributed by atoms with van der Waals surface area (Å²) in [5, 5.41) is 2.54. The molecule has 1 aromatic heterocycles. The molecule has 2 rings (SSSR count). The van der Waals surface area contributed by atoms with Gasteiger partial charge in [0.15, 0.2) is 0 Å². The molecule has 0 spiro atoms. The van der Waals surface area contributed by atoms with Gasteiger partial charge in [-0.25, -0.2) is 0 Å². The number of hydrogen-bond acceptors (Lipinski definition) is 4. The quantitative estimate of drug-likeness (QED) is 0.857. The first kappa shape index (κ1) is 14.4. The minimum Gasteiger partial charge on any atom is -0.457 e. The summed E-state index contributed by atoms with van der Waals surface area (Å²) in [6.07, 6.45) is 1.56. The summed E-state index contributed by atoms with van der Waals surface area (Å²) in [6, 6.07) is 11.2. The number of nitrogens with zero attached hydrogens (tertiary/aromatic N) is 1. The summed E-state index contributed by atoms with van der Waals surface area (Å²) < 4.78 is 5.77. The van der Waals surface area contributed by atoms with E-state index in [1.54, 1.807) is 37.1 Å². The van der Waals surface area contributed by atoms with Crippen LogP contribution >= 0.6 is 11.8 Å². The van der Waals surface area contributed by atoms with Crippen molar-refractivity contribution in [2.45, 2.75) is 11.8 Å². The third-order valence-corrected chi connectivity index (χ3v) is 3.42. The maximum atomic E-state index is 11.5. The van der Waals surface area contributed by atoms with E-state index in [1.165, 1.54) is 0 Å². The Morgan fingerprint density at radius 3 is 2.85 bits per heavy atom. The number of hydrogen-bond donors (Lipinski definition) is 1. The van der Waals surface area contributed by atoms with E-state index in [9.17, 15) is 4.79 Å². The second-order valence-electron chi connectivity index (χ2n) is 3.97. The Kier molecular flexibility index (Phi) is 5.01. The van der Waals surface area contributed by atoms with E-state index in [4.69, 9.17) is 4.74 Å². The van der Waals surface area contributed by atoms with Crippen molar-refractivity contribution in [2.24, 2.45) is 0 Å². The van der Waals surface area contributed by atoms with Crippen LogP contribution in [0.15, 0.2) is 47.5 Å². The standard InChI is InChI=1S/C15H16N2O2S/c1-3-20-13-6-4-5-11(9-13)19-12-7-8-17-14(10-12)15(18)16-2/h4-10H,3H2,1-2H3,(H,16,18). The molecule has 2 aromatic rings. The van der Waals surface area contributed by atoms with Crippen molar-refractivity contribution in [1.29, 1.82) is 0 Å². The molecule has 0 aliphatic heterocycles. The van der Waals surface area contributed by atoms with Gasteiger partial charge in [0.25, 0.3) is 5.91 Å². The van der Waals surface area contributed by atoms with Gasteiger partial charge in [-0.05, 0) is 30.0 Å². The van der Waals surface area contributed by atoms with Crippen molar-refractivity contribution < 1.29 is 9.53 Å². The third kappa shape index (κ3) is 3.74. The number of pyridine rings is 1. The van der Waals surface area contributed by atoms with Gasteiger partial charge in [-0.2, -0.15) is 0 Å². The Hall–Kier alpha value is -2.01. The highest BCUT2D eigenvalue weighted by molar-refractivity contribution is 7.99. The van der Waals surface area contributed by atoms with Crippen molar-refractivity contribution in [3.05, 3.63) is 48.3 Å². The molecule has 1 amide bonds. The van der Waals surface area contributed by atoms with Crippen LogP contribution in [0.25, 0.3) is 0 Å². The number of thioether (sulfide) groups is 1. The fourth-order valence-electron chi connectivity index (χ4n) is 1.66. The van der Waals surface area contributed by atoms with Crippen LogP contribution in [0, 0.1) is 0 Å². The van der Waals surface area contributed by atoms with E-state index >= 15 is 0 Å². The maximum absolute atomic E-state index is 11.5. The summed E-state index contributed by atoms with van der Waals surface area (Å²) in [4.78, 5) is 16.7. The number of ether oxygens (including phenoxy) is 1.